The number of sulfonamides is 2. The molecule has 0 bridgehead atoms. The molecule has 3 N–H and O–H groups in total. The van der Waals surface area contributed by atoms with Gasteiger partial charge in [-0.25, -0.2) is 26.9 Å². The van der Waals surface area contributed by atoms with E-state index in [1.165, 1.54) is 42.1 Å². The number of imide groups is 1. The van der Waals surface area contributed by atoms with Crippen molar-refractivity contribution in [3.05, 3.63) is 66.0 Å². The van der Waals surface area contributed by atoms with Crippen molar-refractivity contribution in [3.63, 3.8) is 0 Å². The van der Waals surface area contributed by atoms with Gasteiger partial charge in [0.25, 0.3) is 10.0 Å². The first-order chi connectivity index (χ1) is 15.5. The van der Waals surface area contributed by atoms with Crippen molar-refractivity contribution >= 4 is 66.3 Å². The molecule has 172 valence electrons. The van der Waals surface area contributed by atoms with Crippen LogP contribution in [0.2, 0.25) is 0 Å². The molecule has 1 aromatic heterocycles. The zero-order valence-electron chi connectivity index (χ0n) is 16.7. The number of carbonyl (C=O) groups is 2. The van der Waals surface area contributed by atoms with Crippen molar-refractivity contribution in [3.8, 4) is 0 Å². The van der Waals surface area contributed by atoms with Gasteiger partial charge in [-0.05, 0) is 60.0 Å². The molecule has 0 aliphatic carbocycles. The molecule has 1 fully saturated rings. The van der Waals surface area contributed by atoms with Gasteiger partial charge in [-0.15, -0.1) is 23.1 Å². The van der Waals surface area contributed by atoms with E-state index >= 15 is 0 Å². The topological polar surface area (TPSA) is 144 Å². The van der Waals surface area contributed by atoms with Crippen molar-refractivity contribution < 1.29 is 26.4 Å². The van der Waals surface area contributed by atoms with E-state index < -0.39 is 37.1 Å². The van der Waals surface area contributed by atoms with E-state index in [0.29, 0.717) is 10.6 Å². The monoisotopic (exact) mass is 523 g/mol. The van der Waals surface area contributed by atoms with Crippen LogP contribution in [0.1, 0.15) is 6.42 Å². The average Bonchev–Trinajstić information content (AvgIpc) is 3.38. The maximum atomic E-state index is 12.8. The molecule has 0 radical (unpaired) electrons. The van der Waals surface area contributed by atoms with Crippen molar-refractivity contribution in [1.82, 2.24) is 0 Å². The zero-order chi connectivity index (χ0) is 23.8. The van der Waals surface area contributed by atoms with Crippen molar-refractivity contribution in [1.29, 1.82) is 0 Å². The fraction of sp³-hybridized carbons (Fsp3) is 0.100. The SMILES string of the molecule is NS(=O)(=O)c1ccc(N2C(=O)CC(Sc3ccc(NS(=O)(=O)c4cccs4)cc3)C2=O)cc1. The summed E-state index contributed by atoms with van der Waals surface area (Å²) in [5.74, 6) is -0.822. The smallest absolute Gasteiger partial charge is 0.271 e. The molecule has 1 aliphatic rings. The standard InChI is InChI=1S/C20H17N3O6S4/c21-32(26,27)16-9-5-14(6-10-16)23-18(24)12-17(20(23)25)31-15-7-3-13(4-8-15)22-33(28,29)19-2-1-11-30-19/h1-11,17,22H,12H2,(H2,21,26,27). The molecule has 0 spiro atoms. The largest absolute Gasteiger partial charge is 0.279 e. The highest BCUT2D eigenvalue weighted by Gasteiger charge is 2.40. The number of carbonyl (C=O) groups excluding carboxylic acids is 2. The third-order valence-corrected chi connectivity index (χ3v) is 9.58. The van der Waals surface area contributed by atoms with Crippen LogP contribution in [0.5, 0.6) is 0 Å². The summed E-state index contributed by atoms with van der Waals surface area (Å²) in [5.41, 5.74) is 0.636. The third-order valence-electron chi connectivity index (χ3n) is 4.67. The molecule has 2 heterocycles. The normalized spacial score (nSPS) is 16.9. The molecular formula is C20H17N3O6S4. The Morgan fingerprint density at radius 2 is 1.64 bits per heavy atom. The first kappa shape index (κ1) is 23.4. The van der Waals surface area contributed by atoms with Gasteiger partial charge in [0.1, 0.15) is 4.21 Å². The highest BCUT2D eigenvalue weighted by molar-refractivity contribution is 8.00. The second-order valence-electron chi connectivity index (χ2n) is 6.98. The molecular weight excluding hydrogens is 507 g/mol. The minimum atomic E-state index is -3.88. The molecule has 1 unspecified atom stereocenters. The van der Waals surface area contributed by atoms with Crippen LogP contribution in [0.3, 0.4) is 0 Å². The number of amides is 2. The molecule has 3 aromatic rings. The Kier molecular flexibility index (Phi) is 6.33. The van der Waals surface area contributed by atoms with E-state index in [0.717, 1.165) is 16.2 Å². The van der Waals surface area contributed by atoms with E-state index in [-0.39, 0.29) is 21.2 Å². The number of rotatable bonds is 7. The van der Waals surface area contributed by atoms with Crippen LogP contribution < -0.4 is 14.8 Å². The Balaban J connectivity index is 1.44. The van der Waals surface area contributed by atoms with Crippen LogP contribution in [0.25, 0.3) is 0 Å². The Hall–Kier alpha value is -2.71. The summed E-state index contributed by atoms with van der Waals surface area (Å²) in [6.07, 6.45) is -0.0206. The van der Waals surface area contributed by atoms with Crippen LogP contribution in [0.4, 0.5) is 11.4 Å². The molecule has 33 heavy (non-hydrogen) atoms. The first-order valence-corrected chi connectivity index (χ1v) is 14.2. The predicted octanol–water partition coefficient (Wildman–Crippen LogP) is 2.62. The lowest BCUT2D eigenvalue weighted by molar-refractivity contribution is -0.121. The van der Waals surface area contributed by atoms with Crippen molar-refractivity contribution in [2.24, 2.45) is 5.14 Å². The van der Waals surface area contributed by atoms with Crippen LogP contribution in [-0.4, -0.2) is 33.9 Å². The minimum absolute atomic E-state index is 0.0206. The van der Waals surface area contributed by atoms with E-state index in [9.17, 15) is 26.4 Å². The molecule has 4 rings (SSSR count). The lowest BCUT2D eigenvalue weighted by atomic mass is 10.3. The van der Waals surface area contributed by atoms with Gasteiger partial charge in [-0.1, -0.05) is 6.07 Å². The fourth-order valence-electron chi connectivity index (χ4n) is 3.14. The van der Waals surface area contributed by atoms with E-state index in [1.54, 1.807) is 35.7 Å². The van der Waals surface area contributed by atoms with Gasteiger partial charge in [-0.2, -0.15) is 0 Å². The average molecular weight is 524 g/mol. The fourth-order valence-corrected chi connectivity index (χ4v) is 6.76. The lowest BCUT2D eigenvalue weighted by Gasteiger charge is -2.15. The number of nitrogens with two attached hydrogens (primary N) is 1. The predicted molar refractivity (Wildman–Crippen MR) is 126 cm³/mol. The molecule has 1 aliphatic heterocycles. The molecule has 9 nitrogen and oxygen atoms in total. The molecule has 1 atom stereocenters. The summed E-state index contributed by atoms with van der Waals surface area (Å²) in [4.78, 5) is 26.9. The van der Waals surface area contributed by atoms with Crippen LogP contribution in [-0.2, 0) is 29.6 Å². The molecule has 13 heteroatoms. The van der Waals surface area contributed by atoms with Gasteiger partial charge in [0.05, 0.1) is 15.8 Å². The highest BCUT2D eigenvalue weighted by Crippen LogP contribution is 2.35. The Morgan fingerprint density at radius 1 is 0.970 bits per heavy atom. The van der Waals surface area contributed by atoms with E-state index in [2.05, 4.69) is 4.72 Å². The molecule has 2 amide bonds. The summed E-state index contributed by atoms with van der Waals surface area (Å²) in [6, 6.07) is 14.8. The van der Waals surface area contributed by atoms with Gasteiger partial charge >= 0.3 is 0 Å². The van der Waals surface area contributed by atoms with Gasteiger partial charge in [0.15, 0.2) is 0 Å². The zero-order valence-corrected chi connectivity index (χ0v) is 20.0. The maximum absolute atomic E-state index is 12.8. The first-order valence-electron chi connectivity index (χ1n) is 9.37. The number of thioether (sulfide) groups is 1. The van der Waals surface area contributed by atoms with E-state index in [4.69, 9.17) is 5.14 Å². The van der Waals surface area contributed by atoms with Crippen molar-refractivity contribution in [2.45, 2.75) is 25.7 Å². The number of hydrogen-bond donors (Lipinski definition) is 2. The molecule has 2 aromatic carbocycles. The summed E-state index contributed by atoms with van der Waals surface area (Å²) < 4.78 is 50.1. The molecule has 0 saturated carbocycles. The number of primary sulfonamides is 1. The second kappa shape index (κ2) is 8.91. The molecule has 1 saturated heterocycles. The minimum Gasteiger partial charge on any atom is -0.279 e. The Labute approximate surface area is 198 Å². The Bertz CT molecular complexity index is 1400. The lowest BCUT2D eigenvalue weighted by Crippen LogP contribution is -2.31. The van der Waals surface area contributed by atoms with Gasteiger partial charge in [0, 0.05) is 17.0 Å². The number of benzene rings is 2. The van der Waals surface area contributed by atoms with E-state index in [1.807, 2.05) is 0 Å². The number of thiophene rings is 1. The van der Waals surface area contributed by atoms with Crippen LogP contribution in [0.15, 0.2) is 80.0 Å². The van der Waals surface area contributed by atoms with Crippen molar-refractivity contribution in [2.75, 3.05) is 9.62 Å². The summed E-state index contributed by atoms with van der Waals surface area (Å²) in [7, 11) is -7.55. The number of nitrogens with zero attached hydrogens (tertiary/aromatic N) is 1. The number of nitrogens with one attached hydrogen (secondary N) is 1. The highest BCUT2D eigenvalue weighted by atomic mass is 32.2. The van der Waals surface area contributed by atoms with Gasteiger partial charge in [0.2, 0.25) is 21.8 Å². The quantitative estimate of drug-likeness (QED) is 0.453. The third kappa shape index (κ3) is 5.12. The summed E-state index contributed by atoms with van der Waals surface area (Å²) in [5, 5.41) is 6.09. The van der Waals surface area contributed by atoms with Gasteiger partial charge < -0.3 is 0 Å². The Morgan fingerprint density at radius 3 is 2.21 bits per heavy atom. The maximum Gasteiger partial charge on any atom is 0.271 e. The summed E-state index contributed by atoms with van der Waals surface area (Å²) >= 11 is 2.30. The van der Waals surface area contributed by atoms with Crippen LogP contribution >= 0.6 is 23.1 Å². The number of anilines is 2. The summed E-state index contributed by atoms with van der Waals surface area (Å²) in [6.45, 7) is 0. The second-order valence-corrected chi connectivity index (χ2v) is 12.7. The van der Waals surface area contributed by atoms with Gasteiger partial charge in [-0.3, -0.25) is 14.3 Å². The number of hydrogen-bond acceptors (Lipinski definition) is 8. The van der Waals surface area contributed by atoms with Crippen LogP contribution in [0, 0.1) is 0 Å².